The van der Waals surface area contributed by atoms with E-state index in [0.29, 0.717) is 31.1 Å². The molecule has 3 N–H and O–H groups in total. The maximum absolute atomic E-state index is 13.3. The quantitative estimate of drug-likeness (QED) is 0.368. The average molecular weight is 509 g/mol. The fraction of sp³-hybridized carbons (Fsp3) is 0.478. The second-order valence-corrected chi connectivity index (χ2v) is 8.86. The third-order valence-electron chi connectivity index (χ3n) is 5.60. The van der Waals surface area contributed by atoms with Crippen LogP contribution in [0.15, 0.2) is 29.3 Å². The molecule has 1 aliphatic heterocycles. The molecule has 0 aliphatic carbocycles. The Kier molecular flexibility index (Phi) is 9.31. The fourth-order valence-electron chi connectivity index (χ4n) is 3.81. The smallest absolute Gasteiger partial charge is 0.379 e. The Labute approximate surface area is 206 Å². The Bertz CT molecular complexity index is 1070. The number of alkyl halides is 3. The van der Waals surface area contributed by atoms with Crippen LogP contribution < -0.4 is 11.1 Å². The Morgan fingerprint density at radius 3 is 2.74 bits per heavy atom. The lowest BCUT2D eigenvalue weighted by molar-refractivity contribution is -0.137. The van der Waals surface area contributed by atoms with Gasteiger partial charge in [0.25, 0.3) is 0 Å². The van der Waals surface area contributed by atoms with Gasteiger partial charge >= 0.3 is 6.18 Å². The molecule has 1 aliphatic rings. The van der Waals surface area contributed by atoms with Crippen molar-refractivity contribution in [3.8, 4) is 6.07 Å². The molecule has 8 nitrogen and oxygen atoms in total. The van der Waals surface area contributed by atoms with E-state index in [2.05, 4.69) is 20.2 Å². The second kappa shape index (κ2) is 12.2. The molecule has 1 atom stereocenters. The van der Waals surface area contributed by atoms with Crippen LogP contribution in [0.1, 0.15) is 29.5 Å². The summed E-state index contributed by atoms with van der Waals surface area (Å²) in [7, 11) is 0. The number of thioether (sulfide) groups is 1. The number of aromatic nitrogens is 2. The average Bonchev–Trinajstić information content (AvgIpc) is 2.83. The van der Waals surface area contributed by atoms with E-state index in [1.165, 1.54) is 23.9 Å². The number of Topliss-reactive ketones (excluding diaryl/α,β-unsaturated/α-hetero) is 1. The van der Waals surface area contributed by atoms with Gasteiger partial charge in [0.1, 0.15) is 16.7 Å². The third-order valence-corrected chi connectivity index (χ3v) is 6.28. The van der Waals surface area contributed by atoms with Crippen LogP contribution in [0.3, 0.4) is 0 Å². The second-order valence-electron chi connectivity index (χ2n) is 8.06. The number of carbonyl (C=O) groups is 1. The highest BCUT2D eigenvalue weighted by Crippen LogP contribution is 2.30. The molecule has 0 bridgehead atoms. The molecule has 188 valence electrons. The number of nitrogens with two attached hydrogens (primary N) is 1. The lowest BCUT2D eigenvalue weighted by Gasteiger charge is -2.27. The summed E-state index contributed by atoms with van der Waals surface area (Å²) in [5, 5.41) is 13.0. The summed E-state index contributed by atoms with van der Waals surface area (Å²) in [5.74, 6) is -0.218. The van der Waals surface area contributed by atoms with Crippen LogP contribution in [-0.4, -0.2) is 65.8 Å². The van der Waals surface area contributed by atoms with Gasteiger partial charge in [-0.3, -0.25) is 9.69 Å². The van der Waals surface area contributed by atoms with Gasteiger partial charge in [0.05, 0.1) is 24.8 Å². The van der Waals surface area contributed by atoms with Crippen LogP contribution in [0.5, 0.6) is 0 Å². The maximum atomic E-state index is 13.3. The van der Waals surface area contributed by atoms with Gasteiger partial charge in [-0.05, 0) is 37.3 Å². The summed E-state index contributed by atoms with van der Waals surface area (Å²) < 4.78 is 44.7. The highest BCUT2D eigenvalue weighted by atomic mass is 32.2. The first-order chi connectivity index (χ1) is 16.7. The zero-order valence-corrected chi connectivity index (χ0v) is 20.1. The molecule has 0 amide bonds. The van der Waals surface area contributed by atoms with E-state index in [4.69, 9.17) is 10.5 Å². The van der Waals surface area contributed by atoms with Crippen molar-refractivity contribution in [3.63, 3.8) is 0 Å². The summed E-state index contributed by atoms with van der Waals surface area (Å²) in [6.07, 6.45) is -1.90. The number of anilines is 2. The number of nitriles is 1. The highest BCUT2D eigenvalue weighted by Gasteiger charge is 2.31. The number of benzene rings is 1. The predicted molar refractivity (Wildman–Crippen MR) is 127 cm³/mol. The Morgan fingerprint density at radius 1 is 1.34 bits per heavy atom. The van der Waals surface area contributed by atoms with Crippen LogP contribution in [0, 0.1) is 11.3 Å². The summed E-state index contributed by atoms with van der Waals surface area (Å²) in [4.78, 5) is 23.7. The van der Waals surface area contributed by atoms with Crippen molar-refractivity contribution in [2.45, 2.75) is 36.5 Å². The molecule has 12 heteroatoms. The van der Waals surface area contributed by atoms with Crippen molar-refractivity contribution < 1.29 is 22.7 Å². The van der Waals surface area contributed by atoms with E-state index >= 15 is 0 Å². The van der Waals surface area contributed by atoms with Crippen LogP contribution in [0.2, 0.25) is 0 Å². The van der Waals surface area contributed by atoms with Crippen LogP contribution in [0.4, 0.5) is 24.9 Å². The van der Waals surface area contributed by atoms with E-state index in [9.17, 15) is 23.2 Å². The number of rotatable bonds is 10. The van der Waals surface area contributed by atoms with Crippen molar-refractivity contribution in [1.29, 1.82) is 5.26 Å². The van der Waals surface area contributed by atoms with Gasteiger partial charge in [-0.1, -0.05) is 18.2 Å². The molecule has 0 radical (unpaired) electrons. The van der Waals surface area contributed by atoms with Gasteiger partial charge < -0.3 is 15.8 Å². The van der Waals surface area contributed by atoms with Crippen LogP contribution in [0.25, 0.3) is 0 Å². The molecular formula is C23H27F3N6O2S. The van der Waals surface area contributed by atoms with E-state index in [0.717, 1.165) is 31.8 Å². The van der Waals surface area contributed by atoms with Gasteiger partial charge in [-0.2, -0.15) is 23.4 Å². The minimum atomic E-state index is -4.50. The minimum Gasteiger partial charge on any atom is -0.379 e. The van der Waals surface area contributed by atoms with E-state index in [-0.39, 0.29) is 35.1 Å². The summed E-state index contributed by atoms with van der Waals surface area (Å²) in [5.41, 5.74) is 5.41. The largest absolute Gasteiger partial charge is 0.416 e. The number of morpholine rings is 1. The molecule has 0 spiro atoms. The van der Waals surface area contributed by atoms with E-state index in [1.54, 1.807) is 6.26 Å². The van der Waals surface area contributed by atoms with Crippen molar-refractivity contribution in [2.24, 2.45) is 0 Å². The molecular weight excluding hydrogens is 481 g/mol. The Morgan fingerprint density at radius 2 is 2.09 bits per heavy atom. The van der Waals surface area contributed by atoms with Gasteiger partial charge in [-0.25, -0.2) is 4.98 Å². The van der Waals surface area contributed by atoms with Gasteiger partial charge in [0.2, 0.25) is 5.95 Å². The molecule has 2 heterocycles. The first-order valence-corrected chi connectivity index (χ1v) is 12.3. The molecule has 0 unspecified atom stereocenters. The van der Waals surface area contributed by atoms with Gasteiger partial charge in [-0.15, -0.1) is 11.8 Å². The Hall–Kier alpha value is -2.88. The number of nitrogen functional groups attached to an aromatic ring is 1. The number of hydrogen-bond acceptors (Lipinski definition) is 9. The van der Waals surface area contributed by atoms with Gasteiger partial charge in [0, 0.05) is 19.5 Å². The topological polar surface area (TPSA) is 117 Å². The number of carbonyl (C=O) groups excluding carboxylic acids is 1. The monoisotopic (exact) mass is 508 g/mol. The summed E-state index contributed by atoms with van der Waals surface area (Å²) in [6.45, 7) is 3.65. The zero-order chi connectivity index (χ0) is 25.4. The number of hydrogen-bond donors (Lipinski definition) is 2. The predicted octanol–water partition coefficient (Wildman–Crippen LogP) is 3.38. The van der Waals surface area contributed by atoms with E-state index < -0.39 is 17.8 Å². The number of nitrogens with zero attached hydrogens (tertiary/aromatic N) is 4. The summed E-state index contributed by atoms with van der Waals surface area (Å²) in [6, 6.07) is 6.01. The zero-order valence-electron chi connectivity index (χ0n) is 19.3. The van der Waals surface area contributed by atoms with Crippen molar-refractivity contribution in [2.75, 3.05) is 50.2 Å². The Balaban J connectivity index is 1.80. The molecule has 3 rings (SSSR count). The SMILES string of the molecule is CSc1nc(N)nc(N[C@@H](CCCN2CCOCC2)C(=O)Cc2cccc(C(F)(F)F)c2)c1C#N. The first-order valence-electron chi connectivity index (χ1n) is 11.1. The number of ether oxygens (including phenoxy) is 1. The standard InChI is InChI=1S/C23H27F3N6O2S/c1-35-21-17(14-27)20(30-22(28)31-21)29-18(6-3-7-32-8-10-34-11-9-32)19(33)13-15-4-2-5-16(12-15)23(24,25)26/h2,4-5,12,18H,3,6-11,13H2,1H3,(H3,28,29,30,31)/t18-/m0/s1. The number of halogens is 3. The van der Waals surface area contributed by atoms with Gasteiger partial charge in [0.15, 0.2) is 11.6 Å². The first kappa shape index (κ1) is 26.7. The molecule has 0 saturated carbocycles. The maximum Gasteiger partial charge on any atom is 0.416 e. The van der Waals surface area contributed by atoms with Crippen molar-refractivity contribution in [3.05, 3.63) is 41.0 Å². The molecule has 1 aromatic carbocycles. The highest BCUT2D eigenvalue weighted by molar-refractivity contribution is 7.98. The summed E-state index contributed by atoms with van der Waals surface area (Å²) >= 11 is 1.22. The lowest BCUT2D eigenvalue weighted by atomic mass is 9.98. The number of ketones is 1. The lowest BCUT2D eigenvalue weighted by Crippen LogP contribution is -2.38. The number of nitrogens with one attached hydrogen (secondary N) is 1. The van der Waals surface area contributed by atoms with E-state index in [1.807, 2.05) is 6.07 Å². The molecule has 1 saturated heterocycles. The molecule has 2 aromatic rings. The molecule has 35 heavy (non-hydrogen) atoms. The van der Waals surface area contributed by atoms with Crippen LogP contribution >= 0.6 is 11.8 Å². The molecule has 1 aromatic heterocycles. The minimum absolute atomic E-state index is 0.0479. The van der Waals surface area contributed by atoms with Crippen molar-refractivity contribution >= 4 is 29.3 Å². The fourth-order valence-corrected chi connectivity index (χ4v) is 4.35. The normalized spacial score (nSPS) is 15.4. The van der Waals surface area contributed by atoms with Crippen molar-refractivity contribution in [1.82, 2.24) is 14.9 Å². The third kappa shape index (κ3) is 7.55. The molecule has 1 fully saturated rings. The van der Waals surface area contributed by atoms with Crippen LogP contribution in [-0.2, 0) is 22.1 Å².